The minimum Gasteiger partial charge on any atom is -0.508 e. The number of nitrogens with one attached hydrogen (secondary N) is 2. The van der Waals surface area contributed by atoms with E-state index in [0.29, 0.717) is 34.5 Å². The molecule has 0 saturated heterocycles. The van der Waals surface area contributed by atoms with Crippen LogP contribution in [0.15, 0.2) is 95.3 Å². The molecule has 5 rings (SSSR count). The number of phenols is 1. The van der Waals surface area contributed by atoms with E-state index in [2.05, 4.69) is 10.6 Å². The summed E-state index contributed by atoms with van der Waals surface area (Å²) in [6.07, 6.45) is 0.829. The number of methoxy groups -OCH3 is 1. The van der Waals surface area contributed by atoms with E-state index in [4.69, 9.17) is 9.47 Å². The molecule has 0 fully saturated rings. The minimum atomic E-state index is -0.695. The van der Waals surface area contributed by atoms with Crippen LogP contribution in [0.4, 0.5) is 5.69 Å². The van der Waals surface area contributed by atoms with Crippen LogP contribution in [0.1, 0.15) is 55.2 Å². The minimum absolute atomic E-state index is 0.0124. The fourth-order valence-corrected chi connectivity index (χ4v) is 5.69. The van der Waals surface area contributed by atoms with Gasteiger partial charge in [-0.25, -0.2) is 4.79 Å². The number of amides is 1. The number of dihydropyridines is 1. The van der Waals surface area contributed by atoms with Crippen LogP contribution in [-0.4, -0.2) is 29.9 Å². The molecular weight excluding hydrogens is 520 g/mol. The van der Waals surface area contributed by atoms with Crippen LogP contribution in [0.3, 0.4) is 0 Å². The lowest BCUT2D eigenvalue weighted by molar-refractivity contribution is -0.140. The third-order valence-electron chi connectivity index (χ3n) is 7.47. The number of hydrogen-bond donors (Lipinski definition) is 3. The van der Waals surface area contributed by atoms with Crippen molar-refractivity contribution in [1.29, 1.82) is 0 Å². The van der Waals surface area contributed by atoms with Gasteiger partial charge in [-0.05, 0) is 60.4 Å². The second-order valence-electron chi connectivity index (χ2n) is 10.3. The number of ketones is 1. The number of carbonyl (C=O) groups excluding carboxylic acids is 3. The summed E-state index contributed by atoms with van der Waals surface area (Å²) in [6, 6.07) is 21.4. The molecule has 0 radical (unpaired) electrons. The zero-order chi connectivity index (χ0) is 29.1. The number of anilines is 1. The lowest BCUT2D eigenvalue weighted by Crippen LogP contribution is -2.36. The Hall–Kier alpha value is -4.85. The van der Waals surface area contributed by atoms with Gasteiger partial charge >= 0.3 is 5.97 Å². The van der Waals surface area contributed by atoms with Gasteiger partial charge in [0.1, 0.15) is 18.1 Å². The number of rotatable bonds is 7. The van der Waals surface area contributed by atoms with Gasteiger partial charge in [-0.2, -0.15) is 0 Å². The molecule has 2 unspecified atom stereocenters. The first-order valence-electron chi connectivity index (χ1n) is 13.4. The molecule has 1 heterocycles. The second kappa shape index (κ2) is 11.7. The van der Waals surface area contributed by atoms with Crippen molar-refractivity contribution < 1.29 is 29.0 Å². The summed E-state index contributed by atoms with van der Waals surface area (Å²) in [5, 5.41) is 16.3. The molecule has 0 saturated carbocycles. The Morgan fingerprint density at radius 1 is 1.02 bits per heavy atom. The average Bonchev–Trinajstić information content (AvgIpc) is 2.95. The van der Waals surface area contributed by atoms with Gasteiger partial charge in [-0.15, -0.1) is 0 Å². The Bertz CT molecular complexity index is 1570. The van der Waals surface area contributed by atoms with Gasteiger partial charge < -0.3 is 25.2 Å². The third kappa shape index (κ3) is 5.87. The van der Waals surface area contributed by atoms with Gasteiger partial charge in [0.15, 0.2) is 5.78 Å². The average molecular weight is 553 g/mol. The van der Waals surface area contributed by atoms with Crippen molar-refractivity contribution in [3.05, 3.63) is 112 Å². The number of allylic oxidation sites excluding steroid dienone is 3. The molecule has 8 heteroatoms. The van der Waals surface area contributed by atoms with Crippen LogP contribution in [0, 0.1) is 0 Å². The molecular formula is C33H32N2O6. The highest BCUT2D eigenvalue weighted by atomic mass is 16.5. The number of carbonyl (C=O) groups is 3. The van der Waals surface area contributed by atoms with E-state index in [0.717, 1.165) is 22.6 Å². The van der Waals surface area contributed by atoms with Gasteiger partial charge in [-0.1, -0.05) is 42.5 Å². The maximum Gasteiger partial charge on any atom is 0.337 e. The number of Topliss-reactive ketones (excluding diaryl/α,β-unsaturated/α-hetero) is 1. The molecule has 1 aliphatic carbocycles. The molecule has 3 aromatic rings. The number of para-hydroxylation sites is 1. The molecule has 0 aromatic heterocycles. The molecule has 0 spiro atoms. The highest BCUT2D eigenvalue weighted by Gasteiger charge is 2.42. The smallest absolute Gasteiger partial charge is 0.337 e. The summed E-state index contributed by atoms with van der Waals surface area (Å²) >= 11 is 0. The van der Waals surface area contributed by atoms with E-state index in [1.54, 1.807) is 62.6 Å². The lowest BCUT2D eigenvalue weighted by Gasteiger charge is -2.37. The maximum absolute atomic E-state index is 13.8. The topological polar surface area (TPSA) is 114 Å². The fourth-order valence-electron chi connectivity index (χ4n) is 5.69. The molecule has 41 heavy (non-hydrogen) atoms. The highest BCUT2D eigenvalue weighted by Crippen LogP contribution is 2.47. The van der Waals surface area contributed by atoms with E-state index >= 15 is 0 Å². The van der Waals surface area contributed by atoms with Gasteiger partial charge in [-0.3, -0.25) is 9.59 Å². The SMILES string of the molecule is COc1ccccc1C1CC(=O)C2=C(C1)NC(C)=C(C(=O)OCc1ccc(NC(C)=O)cc1)C2c1cccc(O)c1. The number of esters is 1. The van der Waals surface area contributed by atoms with Crippen LogP contribution < -0.4 is 15.4 Å². The number of phenolic OH excluding ortho intramolecular Hbond substituents is 1. The van der Waals surface area contributed by atoms with Crippen molar-refractivity contribution in [1.82, 2.24) is 5.32 Å². The quantitative estimate of drug-likeness (QED) is 0.333. The first-order chi connectivity index (χ1) is 19.7. The lowest BCUT2D eigenvalue weighted by atomic mass is 9.71. The van der Waals surface area contributed by atoms with Crippen molar-refractivity contribution in [3.8, 4) is 11.5 Å². The van der Waals surface area contributed by atoms with Crippen molar-refractivity contribution in [3.63, 3.8) is 0 Å². The Kier molecular flexibility index (Phi) is 7.92. The van der Waals surface area contributed by atoms with Crippen molar-refractivity contribution in [2.45, 2.75) is 45.1 Å². The van der Waals surface area contributed by atoms with Crippen LogP contribution in [0.5, 0.6) is 11.5 Å². The predicted octanol–water partition coefficient (Wildman–Crippen LogP) is 5.46. The molecule has 210 valence electrons. The van der Waals surface area contributed by atoms with E-state index < -0.39 is 11.9 Å². The molecule has 3 aromatic carbocycles. The van der Waals surface area contributed by atoms with Gasteiger partial charge in [0.2, 0.25) is 5.91 Å². The number of hydrogen-bond acceptors (Lipinski definition) is 7. The molecule has 0 bridgehead atoms. The Morgan fingerprint density at radius 3 is 2.49 bits per heavy atom. The zero-order valence-electron chi connectivity index (χ0n) is 23.2. The summed E-state index contributed by atoms with van der Waals surface area (Å²) in [7, 11) is 1.62. The molecule has 3 N–H and O–H groups in total. The summed E-state index contributed by atoms with van der Waals surface area (Å²) in [4.78, 5) is 38.8. The first kappa shape index (κ1) is 27.7. The normalized spacial score (nSPS) is 18.4. The van der Waals surface area contributed by atoms with Crippen LogP contribution in [-0.2, 0) is 25.7 Å². The fraction of sp³-hybridized carbons (Fsp3) is 0.242. The Balaban J connectivity index is 1.45. The van der Waals surface area contributed by atoms with E-state index in [1.165, 1.54) is 6.92 Å². The summed E-state index contributed by atoms with van der Waals surface area (Å²) in [5.74, 6) is -0.806. The van der Waals surface area contributed by atoms with Gasteiger partial charge in [0, 0.05) is 47.8 Å². The largest absolute Gasteiger partial charge is 0.508 e. The van der Waals surface area contributed by atoms with Crippen LogP contribution in [0.25, 0.3) is 0 Å². The summed E-state index contributed by atoms with van der Waals surface area (Å²) in [6.45, 7) is 3.25. The van der Waals surface area contributed by atoms with Gasteiger partial charge in [0.05, 0.1) is 12.7 Å². The van der Waals surface area contributed by atoms with Crippen LogP contribution in [0.2, 0.25) is 0 Å². The van der Waals surface area contributed by atoms with Crippen molar-refractivity contribution >= 4 is 23.3 Å². The monoisotopic (exact) mass is 552 g/mol. The molecule has 2 aliphatic rings. The zero-order valence-corrected chi connectivity index (χ0v) is 23.2. The standard InChI is InChI=1S/C33H32N2O6/c1-19-30(33(39)41-18-21-11-13-24(14-12-21)35-20(2)36)31(22-7-6-8-25(37)15-22)32-27(34-19)16-23(17-28(32)38)26-9-4-5-10-29(26)40-3/h4-15,23,31,34,37H,16-18H2,1-3H3,(H,35,36). The maximum atomic E-state index is 13.8. The third-order valence-corrected chi connectivity index (χ3v) is 7.47. The Labute approximate surface area is 238 Å². The van der Waals surface area contributed by atoms with Crippen molar-refractivity contribution in [2.24, 2.45) is 0 Å². The van der Waals surface area contributed by atoms with E-state index in [9.17, 15) is 19.5 Å². The van der Waals surface area contributed by atoms with Crippen LogP contribution >= 0.6 is 0 Å². The number of benzene rings is 3. The Morgan fingerprint density at radius 2 is 1.78 bits per heavy atom. The molecule has 1 amide bonds. The van der Waals surface area contributed by atoms with Crippen molar-refractivity contribution in [2.75, 3.05) is 12.4 Å². The van der Waals surface area contributed by atoms with E-state index in [-0.39, 0.29) is 36.4 Å². The molecule has 1 aliphatic heterocycles. The predicted molar refractivity (Wildman–Crippen MR) is 154 cm³/mol. The summed E-state index contributed by atoms with van der Waals surface area (Å²) in [5.41, 5.74) is 5.18. The van der Waals surface area contributed by atoms with Gasteiger partial charge in [0.25, 0.3) is 0 Å². The second-order valence-corrected chi connectivity index (χ2v) is 10.3. The molecule has 2 atom stereocenters. The van der Waals surface area contributed by atoms with E-state index in [1.807, 2.05) is 24.3 Å². The molecule has 8 nitrogen and oxygen atoms in total. The number of ether oxygens (including phenoxy) is 2. The summed E-state index contributed by atoms with van der Waals surface area (Å²) < 4.78 is 11.3. The number of aromatic hydroxyl groups is 1. The first-order valence-corrected chi connectivity index (χ1v) is 13.4. The highest BCUT2D eigenvalue weighted by molar-refractivity contribution is 6.04.